The Morgan fingerprint density at radius 3 is 2.70 bits per heavy atom. The van der Waals surface area contributed by atoms with Gasteiger partial charge in [0, 0.05) is 17.1 Å². The second-order valence-electron chi connectivity index (χ2n) is 4.27. The minimum atomic E-state index is -3.57. The van der Waals surface area contributed by atoms with Gasteiger partial charge in [0.25, 0.3) is 0 Å². The number of hydrogen-bond donors (Lipinski definition) is 2. The number of furan rings is 1. The number of halogens is 1. The molecule has 108 valence electrons. The van der Waals surface area contributed by atoms with Crippen molar-refractivity contribution in [2.75, 3.05) is 6.54 Å². The molecule has 1 aromatic heterocycles. The van der Waals surface area contributed by atoms with E-state index in [1.807, 2.05) is 0 Å². The van der Waals surface area contributed by atoms with E-state index >= 15 is 0 Å². The van der Waals surface area contributed by atoms with Gasteiger partial charge in [0.05, 0.1) is 24.4 Å². The fraction of sp³-hybridized carbons (Fsp3) is 0.231. The van der Waals surface area contributed by atoms with E-state index in [0.717, 1.165) is 0 Å². The van der Waals surface area contributed by atoms with Crippen LogP contribution in [0.1, 0.15) is 17.2 Å². The maximum Gasteiger partial charge on any atom is 0.215 e. The highest BCUT2D eigenvalue weighted by molar-refractivity contribution is 7.88. The van der Waals surface area contributed by atoms with Crippen molar-refractivity contribution >= 4 is 21.6 Å². The van der Waals surface area contributed by atoms with Crippen molar-refractivity contribution in [3.05, 3.63) is 59.0 Å². The fourth-order valence-electron chi connectivity index (χ4n) is 1.66. The third kappa shape index (κ3) is 4.08. The molecule has 1 heterocycles. The molecule has 2 rings (SSSR count). The van der Waals surface area contributed by atoms with Gasteiger partial charge >= 0.3 is 0 Å². The average Bonchev–Trinajstić information content (AvgIpc) is 2.93. The molecule has 0 saturated carbocycles. The molecule has 0 radical (unpaired) electrons. The molecule has 5 nitrogen and oxygen atoms in total. The van der Waals surface area contributed by atoms with Gasteiger partial charge in [-0.1, -0.05) is 29.8 Å². The summed E-state index contributed by atoms with van der Waals surface area (Å²) in [5, 5.41) is 10.2. The lowest BCUT2D eigenvalue weighted by atomic mass is 10.2. The highest BCUT2D eigenvalue weighted by Crippen LogP contribution is 2.18. The Hall–Kier alpha value is -1.34. The lowest BCUT2D eigenvalue weighted by molar-refractivity contribution is 0.181. The summed E-state index contributed by atoms with van der Waals surface area (Å²) < 4.78 is 31.0. The van der Waals surface area contributed by atoms with Crippen LogP contribution in [-0.2, 0) is 15.8 Å². The summed E-state index contributed by atoms with van der Waals surface area (Å²) in [5.41, 5.74) is 1.03. The molecule has 0 spiro atoms. The number of nitrogens with one attached hydrogen (secondary N) is 1. The summed E-state index contributed by atoms with van der Waals surface area (Å²) in [6.07, 6.45) is 1.83. The minimum absolute atomic E-state index is 0.119. The number of hydrogen-bond acceptors (Lipinski definition) is 4. The Labute approximate surface area is 122 Å². The molecule has 7 heteroatoms. The van der Waals surface area contributed by atoms with Crippen LogP contribution in [-0.4, -0.2) is 20.1 Å². The Kier molecular flexibility index (Phi) is 4.82. The summed E-state index contributed by atoms with van der Waals surface area (Å²) in [6.45, 7) is -0.119. The Balaban J connectivity index is 1.96. The van der Waals surface area contributed by atoms with Crippen LogP contribution in [0, 0.1) is 0 Å². The second-order valence-corrected chi connectivity index (χ2v) is 6.49. The van der Waals surface area contributed by atoms with Crippen molar-refractivity contribution in [3.8, 4) is 0 Å². The van der Waals surface area contributed by atoms with Gasteiger partial charge in [-0.3, -0.25) is 0 Å². The average molecular weight is 316 g/mol. The van der Waals surface area contributed by atoms with Crippen molar-refractivity contribution in [1.29, 1.82) is 0 Å². The molecule has 2 N–H and O–H groups in total. The van der Waals surface area contributed by atoms with Crippen LogP contribution in [0.5, 0.6) is 0 Å². The third-order valence-electron chi connectivity index (χ3n) is 2.73. The minimum Gasteiger partial charge on any atom is -0.472 e. The molecule has 0 amide bonds. The zero-order valence-electron chi connectivity index (χ0n) is 10.5. The SMILES string of the molecule is O=S(=O)(Cc1ccccc1Cl)NC[C@H](O)c1ccoc1. The van der Waals surface area contributed by atoms with Crippen molar-refractivity contribution in [2.24, 2.45) is 0 Å². The van der Waals surface area contributed by atoms with E-state index < -0.39 is 16.1 Å². The molecule has 0 unspecified atom stereocenters. The van der Waals surface area contributed by atoms with E-state index in [-0.39, 0.29) is 12.3 Å². The molecule has 0 saturated heterocycles. The first-order valence-electron chi connectivity index (χ1n) is 5.89. The smallest absolute Gasteiger partial charge is 0.215 e. The summed E-state index contributed by atoms with van der Waals surface area (Å²) in [4.78, 5) is 0. The number of aliphatic hydroxyl groups is 1. The Bertz CT molecular complexity index is 655. The van der Waals surface area contributed by atoms with E-state index in [9.17, 15) is 13.5 Å². The monoisotopic (exact) mass is 315 g/mol. The molecular formula is C13H14ClNO4S. The van der Waals surface area contributed by atoms with E-state index in [1.54, 1.807) is 30.3 Å². The molecule has 0 aliphatic rings. The fourth-order valence-corrected chi connectivity index (χ4v) is 3.12. The van der Waals surface area contributed by atoms with E-state index in [1.165, 1.54) is 12.5 Å². The predicted octanol–water partition coefficient (Wildman–Crippen LogP) is 2.09. The van der Waals surface area contributed by atoms with Crippen LogP contribution in [0.15, 0.2) is 47.3 Å². The number of rotatable bonds is 6. The van der Waals surface area contributed by atoms with Crippen LogP contribution < -0.4 is 4.72 Å². The highest BCUT2D eigenvalue weighted by Gasteiger charge is 2.16. The van der Waals surface area contributed by atoms with Crippen molar-refractivity contribution in [2.45, 2.75) is 11.9 Å². The number of sulfonamides is 1. The quantitative estimate of drug-likeness (QED) is 0.855. The molecule has 2 aromatic rings. The van der Waals surface area contributed by atoms with E-state index in [2.05, 4.69) is 4.72 Å². The molecular weight excluding hydrogens is 302 g/mol. The lowest BCUT2D eigenvalue weighted by Gasteiger charge is -2.11. The maximum absolute atomic E-state index is 11.9. The van der Waals surface area contributed by atoms with Crippen molar-refractivity contribution in [1.82, 2.24) is 4.72 Å². The third-order valence-corrected chi connectivity index (χ3v) is 4.39. The summed E-state index contributed by atoms with van der Waals surface area (Å²) in [5.74, 6) is -0.231. The topological polar surface area (TPSA) is 79.5 Å². The van der Waals surface area contributed by atoms with Crippen molar-refractivity contribution < 1.29 is 17.9 Å². The summed E-state index contributed by atoms with van der Waals surface area (Å²) in [6, 6.07) is 8.30. The zero-order valence-corrected chi connectivity index (χ0v) is 12.1. The molecule has 20 heavy (non-hydrogen) atoms. The van der Waals surface area contributed by atoms with Gasteiger partial charge in [-0.05, 0) is 17.7 Å². The van der Waals surface area contributed by atoms with Crippen molar-refractivity contribution in [3.63, 3.8) is 0 Å². The van der Waals surface area contributed by atoms with Crippen LogP contribution in [0.4, 0.5) is 0 Å². The lowest BCUT2D eigenvalue weighted by Crippen LogP contribution is -2.29. The molecule has 0 bridgehead atoms. The molecule has 0 aliphatic carbocycles. The second kappa shape index (κ2) is 6.41. The van der Waals surface area contributed by atoms with Crippen LogP contribution in [0.2, 0.25) is 5.02 Å². The molecule has 0 aliphatic heterocycles. The standard InChI is InChI=1S/C13H14ClNO4S/c14-12-4-2-1-3-11(12)9-20(17,18)15-7-13(16)10-5-6-19-8-10/h1-6,8,13,15-16H,7,9H2/t13-/m0/s1. The van der Waals surface area contributed by atoms with Gasteiger partial charge in [0.1, 0.15) is 0 Å². The van der Waals surface area contributed by atoms with E-state index in [4.69, 9.17) is 16.0 Å². The first-order valence-corrected chi connectivity index (χ1v) is 7.92. The van der Waals surface area contributed by atoms with Gasteiger partial charge in [0.2, 0.25) is 10.0 Å². The zero-order chi connectivity index (χ0) is 14.6. The van der Waals surface area contributed by atoms with Crippen LogP contribution >= 0.6 is 11.6 Å². The van der Waals surface area contributed by atoms with Gasteiger partial charge in [0.15, 0.2) is 0 Å². The predicted molar refractivity (Wildman–Crippen MR) is 75.7 cm³/mol. The normalized spacial score (nSPS) is 13.3. The maximum atomic E-state index is 11.9. The van der Waals surface area contributed by atoms with Gasteiger partial charge in [-0.25, -0.2) is 13.1 Å². The van der Waals surface area contributed by atoms with Gasteiger partial charge in [-0.15, -0.1) is 0 Å². The first kappa shape index (κ1) is 15.1. The van der Waals surface area contributed by atoms with Gasteiger partial charge < -0.3 is 9.52 Å². The molecule has 0 fully saturated rings. The summed E-state index contributed by atoms with van der Waals surface area (Å²) in [7, 11) is -3.57. The largest absolute Gasteiger partial charge is 0.472 e. The Morgan fingerprint density at radius 2 is 2.05 bits per heavy atom. The highest BCUT2D eigenvalue weighted by atomic mass is 35.5. The summed E-state index contributed by atoms with van der Waals surface area (Å²) >= 11 is 5.92. The number of benzene rings is 1. The first-order chi connectivity index (χ1) is 9.48. The van der Waals surface area contributed by atoms with E-state index in [0.29, 0.717) is 16.1 Å². The molecule has 1 atom stereocenters. The van der Waals surface area contributed by atoms with Crippen LogP contribution in [0.25, 0.3) is 0 Å². The Morgan fingerprint density at radius 1 is 1.30 bits per heavy atom. The van der Waals surface area contributed by atoms with Gasteiger partial charge in [-0.2, -0.15) is 0 Å². The number of aliphatic hydroxyl groups excluding tert-OH is 1. The van der Waals surface area contributed by atoms with Crippen LogP contribution in [0.3, 0.4) is 0 Å². The molecule has 1 aromatic carbocycles.